The molecular formula is C10H14N2O3S. The van der Waals surface area contributed by atoms with E-state index in [2.05, 4.69) is 10.3 Å². The molecule has 1 aromatic rings. The van der Waals surface area contributed by atoms with Crippen molar-refractivity contribution in [3.8, 4) is 0 Å². The minimum Gasteiger partial charge on any atom is -0.466 e. The molecular weight excluding hydrogens is 228 g/mol. The van der Waals surface area contributed by atoms with Crippen LogP contribution in [-0.2, 0) is 20.7 Å². The summed E-state index contributed by atoms with van der Waals surface area (Å²) in [6.45, 7) is 3.61. The van der Waals surface area contributed by atoms with Crippen LogP contribution >= 0.6 is 11.3 Å². The molecule has 1 amide bonds. The van der Waals surface area contributed by atoms with E-state index >= 15 is 0 Å². The standard InChI is InChI=1S/C10H14N2O3S/c1-3-15-9(14)5-4-8-6-11-10(16-8)12-7(2)13/h6H,3-5H2,1-2H3,(H,11,12,13). The van der Waals surface area contributed by atoms with Gasteiger partial charge in [-0.05, 0) is 13.3 Å². The number of amides is 1. The normalized spacial score (nSPS) is 9.88. The van der Waals surface area contributed by atoms with Gasteiger partial charge in [-0.15, -0.1) is 11.3 Å². The van der Waals surface area contributed by atoms with Gasteiger partial charge in [0.05, 0.1) is 13.0 Å². The molecule has 0 aliphatic carbocycles. The van der Waals surface area contributed by atoms with Gasteiger partial charge in [-0.1, -0.05) is 0 Å². The van der Waals surface area contributed by atoms with Crippen molar-refractivity contribution in [2.24, 2.45) is 0 Å². The van der Waals surface area contributed by atoms with E-state index in [0.29, 0.717) is 24.6 Å². The fourth-order valence-corrected chi connectivity index (χ4v) is 1.95. The summed E-state index contributed by atoms with van der Waals surface area (Å²) in [7, 11) is 0. The van der Waals surface area contributed by atoms with E-state index in [0.717, 1.165) is 4.88 Å². The molecule has 0 aliphatic heterocycles. The number of hydrogen-bond acceptors (Lipinski definition) is 5. The Bertz CT molecular complexity index is 376. The van der Waals surface area contributed by atoms with Crippen molar-refractivity contribution in [3.05, 3.63) is 11.1 Å². The highest BCUT2D eigenvalue weighted by atomic mass is 32.1. The smallest absolute Gasteiger partial charge is 0.306 e. The maximum atomic E-state index is 11.1. The molecule has 0 unspecified atom stereocenters. The topological polar surface area (TPSA) is 68.3 Å². The van der Waals surface area contributed by atoms with E-state index in [9.17, 15) is 9.59 Å². The highest BCUT2D eigenvalue weighted by Gasteiger charge is 2.06. The van der Waals surface area contributed by atoms with Gasteiger partial charge in [0.1, 0.15) is 0 Å². The zero-order valence-corrected chi connectivity index (χ0v) is 10.1. The van der Waals surface area contributed by atoms with E-state index in [1.807, 2.05) is 0 Å². The lowest BCUT2D eigenvalue weighted by molar-refractivity contribution is -0.143. The van der Waals surface area contributed by atoms with Crippen LogP contribution in [0.2, 0.25) is 0 Å². The summed E-state index contributed by atoms with van der Waals surface area (Å²) in [5, 5.41) is 3.15. The first-order valence-electron chi connectivity index (χ1n) is 4.99. The molecule has 1 aromatic heterocycles. The van der Waals surface area contributed by atoms with Crippen LogP contribution in [-0.4, -0.2) is 23.5 Å². The van der Waals surface area contributed by atoms with Crippen molar-refractivity contribution in [1.29, 1.82) is 0 Å². The van der Waals surface area contributed by atoms with Gasteiger partial charge in [0, 0.05) is 18.0 Å². The maximum absolute atomic E-state index is 11.1. The second-order valence-corrected chi connectivity index (χ2v) is 4.23. The first-order chi connectivity index (χ1) is 7.61. The molecule has 0 fully saturated rings. The van der Waals surface area contributed by atoms with Gasteiger partial charge in [-0.25, -0.2) is 4.98 Å². The first-order valence-corrected chi connectivity index (χ1v) is 5.81. The number of carbonyl (C=O) groups excluding carboxylic acids is 2. The van der Waals surface area contributed by atoms with Crippen molar-refractivity contribution in [2.75, 3.05) is 11.9 Å². The Morgan fingerprint density at radius 2 is 2.31 bits per heavy atom. The van der Waals surface area contributed by atoms with E-state index in [4.69, 9.17) is 4.74 Å². The number of hydrogen-bond donors (Lipinski definition) is 1. The van der Waals surface area contributed by atoms with Gasteiger partial charge in [0.2, 0.25) is 5.91 Å². The Kier molecular flexibility index (Phi) is 4.91. The zero-order valence-electron chi connectivity index (χ0n) is 9.28. The van der Waals surface area contributed by atoms with Crippen LogP contribution in [0.15, 0.2) is 6.20 Å². The second-order valence-electron chi connectivity index (χ2n) is 3.12. The molecule has 1 rings (SSSR count). The number of carbonyl (C=O) groups is 2. The molecule has 0 aromatic carbocycles. The van der Waals surface area contributed by atoms with Gasteiger partial charge in [-0.2, -0.15) is 0 Å². The lowest BCUT2D eigenvalue weighted by Gasteiger charge is -1.99. The number of aromatic nitrogens is 1. The predicted octanol–water partition coefficient (Wildman–Crippen LogP) is 1.60. The third-order valence-corrected chi connectivity index (χ3v) is 2.69. The number of esters is 1. The fourth-order valence-electron chi connectivity index (χ4n) is 1.09. The number of rotatable bonds is 5. The summed E-state index contributed by atoms with van der Waals surface area (Å²) in [4.78, 5) is 26.8. The summed E-state index contributed by atoms with van der Waals surface area (Å²) >= 11 is 1.37. The fraction of sp³-hybridized carbons (Fsp3) is 0.500. The Balaban J connectivity index is 2.40. The van der Waals surface area contributed by atoms with Gasteiger partial charge >= 0.3 is 5.97 Å². The van der Waals surface area contributed by atoms with E-state index < -0.39 is 0 Å². The van der Waals surface area contributed by atoms with Crippen molar-refractivity contribution < 1.29 is 14.3 Å². The van der Waals surface area contributed by atoms with E-state index in [-0.39, 0.29) is 11.9 Å². The Labute approximate surface area is 97.8 Å². The van der Waals surface area contributed by atoms with Crippen molar-refractivity contribution >= 4 is 28.3 Å². The molecule has 6 heteroatoms. The summed E-state index contributed by atoms with van der Waals surface area (Å²) in [5.74, 6) is -0.358. The Hall–Kier alpha value is -1.43. The van der Waals surface area contributed by atoms with Gasteiger partial charge in [0.15, 0.2) is 5.13 Å². The molecule has 0 bridgehead atoms. The largest absolute Gasteiger partial charge is 0.466 e. The molecule has 1 N–H and O–H groups in total. The van der Waals surface area contributed by atoms with E-state index in [1.165, 1.54) is 18.3 Å². The lowest BCUT2D eigenvalue weighted by atomic mass is 10.3. The molecule has 0 saturated carbocycles. The minimum absolute atomic E-state index is 0.147. The molecule has 88 valence electrons. The number of nitrogens with one attached hydrogen (secondary N) is 1. The van der Waals surface area contributed by atoms with Gasteiger partial charge in [0.25, 0.3) is 0 Å². The number of ether oxygens (including phenoxy) is 1. The van der Waals surface area contributed by atoms with Crippen molar-refractivity contribution in [2.45, 2.75) is 26.7 Å². The van der Waals surface area contributed by atoms with Crippen molar-refractivity contribution in [3.63, 3.8) is 0 Å². The number of aryl methyl sites for hydroxylation is 1. The van der Waals surface area contributed by atoms with Crippen LogP contribution in [0.3, 0.4) is 0 Å². The summed E-state index contributed by atoms with van der Waals surface area (Å²) in [6, 6.07) is 0. The molecule has 0 radical (unpaired) electrons. The summed E-state index contributed by atoms with van der Waals surface area (Å²) < 4.78 is 4.81. The quantitative estimate of drug-likeness (QED) is 0.796. The molecule has 0 saturated heterocycles. The maximum Gasteiger partial charge on any atom is 0.306 e. The van der Waals surface area contributed by atoms with Gasteiger partial charge < -0.3 is 10.1 Å². The summed E-state index contributed by atoms with van der Waals surface area (Å²) in [5.41, 5.74) is 0. The number of anilines is 1. The monoisotopic (exact) mass is 242 g/mol. The average molecular weight is 242 g/mol. The van der Waals surface area contributed by atoms with Crippen LogP contribution in [0.25, 0.3) is 0 Å². The first kappa shape index (κ1) is 12.6. The van der Waals surface area contributed by atoms with Crippen LogP contribution < -0.4 is 5.32 Å². The number of nitrogens with zero attached hydrogens (tertiary/aromatic N) is 1. The minimum atomic E-state index is -0.211. The van der Waals surface area contributed by atoms with Crippen LogP contribution in [0.4, 0.5) is 5.13 Å². The molecule has 0 atom stereocenters. The summed E-state index contributed by atoms with van der Waals surface area (Å²) in [6.07, 6.45) is 2.60. The van der Waals surface area contributed by atoms with Crippen molar-refractivity contribution in [1.82, 2.24) is 4.98 Å². The Morgan fingerprint density at radius 3 is 2.94 bits per heavy atom. The highest BCUT2D eigenvalue weighted by Crippen LogP contribution is 2.19. The van der Waals surface area contributed by atoms with Crippen LogP contribution in [0.1, 0.15) is 25.1 Å². The molecule has 0 spiro atoms. The third kappa shape index (κ3) is 4.39. The van der Waals surface area contributed by atoms with Crippen LogP contribution in [0.5, 0.6) is 0 Å². The molecule has 0 aliphatic rings. The molecule has 1 heterocycles. The van der Waals surface area contributed by atoms with Gasteiger partial charge in [-0.3, -0.25) is 9.59 Å². The van der Waals surface area contributed by atoms with Crippen LogP contribution in [0, 0.1) is 0 Å². The molecule has 5 nitrogen and oxygen atoms in total. The highest BCUT2D eigenvalue weighted by molar-refractivity contribution is 7.15. The second kappa shape index (κ2) is 6.22. The lowest BCUT2D eigenvalue weighted by Crippen LogP contribution is -2.04. The third-order valence-electron chi connectivity index (χ3n) is 1.72. The SMILES string of the molecule is CCOC(=O)CCc1cnc(NC(C)=O)s1. The average Bonchev–Trinajstić information content (AvgIpc) is 2.62. The zero-order chi connectivity index (χ0) is 12.0. The number of thiazole rings is 1. The molecule has 16 heavy (non-hydrogen) atoms. The Morgan fingerprint density at radius 1 is 1.56 bits per heavy atom. The predicted molar refractivity (Wildman–Crippen MR) is 61.4 cm³/mol. The van der Waals surface area contributed by atoms with E-state index in [1.54, 1.807) is 13.1 Å².